The van der Waals surface area contributed by atoms with E-state index in [1.165, 1.54) is 18.0 Å². The third kappa shape index (κ3) is 3.08. The lowest BCUT2D eigenvalue weighted by atomic mass is 10.1. The van der Waals surface area contributed by atoms with Crippen LogP contribution in [0.2, 0.25) is 0 Å². The van der Waals surface area contributed by atoms with Gasteiger partial charge in [0.05, 0.1) is 18.7 Å². The number of anilines is 1. The van der Waals surface area contributed by atoms with Crippen LogP contribution >= 0.6 is 0 Å². The van der Waals surface area contributed by atoms with E-state index in [2.05, 4.69) is 5.32 Å². The van der Waals surface area contributed by atoms with Gasteiger partial charge in [-0.05, 0) is 23.8 Å². The molecule has 0 fully saturated rings. The van der Waals surface area contributed by atoms with E-state index in [1.807, 2.05) is 0 Å². The van der Waals surface area contributed by atoms with E-state index < -0.39 is 11.9 Å². The molecule has 0 saturated heterocycles. The fourth-order valence-electron chi connectivity index (χ4n) is 2.67. The summed E-state index contributed by atoms with van der Waals surface area (Å²) in [5, 5.41) is 2.52. The maximum atomic E-state index is 13.8. The van der Waals surface area contributed by atoms with Crippen LogP contribution < -0.4 is 15.0 Å². The minimum Gasteiger partial charge on any atom is -0.477 e. The molecule has 124 valence electrons. The van der Waals surface area contributed by atoms with Crippen molar-refractivity contribution in [2.75, 3.05) is 18.5 Å². The van der Waals surface area contributed by atoms with Gasteiger partial charge in [-0.3, -0.25) is 9.59 Å². The molecule has 1 aliphatic heterocycles. The van der Waals surface area contributed by atoms with Crippen LogP contribution in [0.5, 0.6) is 5.75 Å². The van der Waals surface area contributed by atoms with Gasteiger partial charge < -0.3 is 15.0 Å². The number of benzene rings is 2. The third-order valence-corrected chi connectivity index (χ3v) is 3.91. The molecule has 24 heavy (non-hydrogen) atoms. The first kappa shape index (κ1) is 16.0. The van der Waals surface area contributed by atoms with Crippen LogP contribution in [0.1, 0.15) is 5.56 Å². The number of hydrogen-bond acceptors (Lipinski definition) is 3. The van der Waals surface area contributed by atoms with Gasteiger partial charge in [0.15, 0.2) is 6.10 Å². The van der Waals surface area contributed by atoms with Crippen molar-refractivity contribution in [1.82, 2.24) is 5.32 Å². The number of para-hydroxylation sites is 2. The Balaban J connectivity index is 1.89. The number of ether oxygens (including phenoxy) is 1. The van der Waals surface area contributed by atoms with Crippen LogP contribution in [0.4, 0.5) is 10.1 Å². The first-order valence-electron chi connectivity index (χ1n) is 7.61. The minimum absolute atomic E-state index is 0.0819. The van der Waals surface area contributed by atoms with Gasteiger partial charge in [0.2, 0.25) is 5.91 Å². The number of halogens is 1. The molecule has 5 nitrogen and oxygen atoms in total. The predicted molar refractivity (Wildman–Crippen MR) is 87.4 cm³/mol. The van der Waals surface area contributed by atoms with E-state index in [9.17, 15) is 14.0 Å². The van der Waals surface area contributed by atoms with Crippen molar-refractivity contribution in [3.05, 3.63) is 59.9 Å². The van der Waals surface area contributed by atoms with Crippen molar-refractivity contribution in [3.8, 4) is 5.75 Å². The first-order valence-corrected chi connectivity index (χ1v) is 7.61. The Kier molecular flexibility index (Phi) is 4.46. The molecule has 2 aromatic rings. The highest BCUT2D eigenvalue weighted by Gasteiger charge is 2.33. The number of nitrogens with zero attached hydrogens (tertiary/aromatic N) is 1. The average molecular weight is 328 g/mol. The fourth-order valence-corrected chi connectivity index (χ4v) is 2.67. The number of carbonyl (C=O) groups is 2. The zero-order chi connectivity index (χ0) is 17.1. The molecule has 1 N–H and O–H groups in total. The Bertz CT molecular complexity index is 778. The molecule has 2 amide bonds. The van der Waals surface area contributed by atoms with Crippen LogP contribution in [0.25, 0.3) is 0 Å². The molecule has 0 spiro atoms. The number of likely N-dealkylation sites (N-methyl/N-ethyl adjacent to an activating group) is 1. The highest BCUT2D eigenvalue weighted by molar-refractivity contribution is 5.98. The molecular weight excluding hydrogens is 311 g/mol. The summed E-state index contributed by atoms with van der Waals surface area (Å²) in [5.74, 6) is -0.563. The molecule has 0 aliphatic carbocycles. The maximum absolute atomic E-state index is 13.8. The van der Waals surface area contributed by atoms with Gasteiger partial charge in [-0.1, -0.05) is 30.3 Å². The number of fused-ring (bicyclic) bond motifs is 1. The van der Waals surface area contributed by atoms with Crippen molar-refractivity contribution in [2.24, 2.45) is 0 Å². The monoisotopic (exact) mass is 328 g/mol. The van der Waals surface area contributed by atoms with Gasteiger partial charge >= 0.3 is 0 Å². The smallest absolute Gasteiger partial charge is 0.262 e. The molecule has 0 unspecified atom stereocenters. The maximum Gasteiger partial charge on any atom is 0.262 e. The molecule has 6 heteroatoms. The standard InChI is InChI=1S/C18H17FN2O3/c1-20-18(23)16-11-21(14-8-4-5-9-15(14)24-16)17(22)10-12-6-2-3-7-13(12)19/h2-9,16H,10-11H2,1H3,(H,20,23)/t16-/m1/s1. The summed E-state index contributed by atoms with van der Waals surface area (Å²) in [7, 11) is 1.51. The SMILES string of the molecule is CNC(=O)[C@H]1CN(C(=O)Cc2ccccc2F)c2ccccc2O1. The number of hydrogen-bond donors (Lipinski definition) is 1. The zero-order valence-electron chi connectivity index (χ0n) is 13.2. The lowest BCUT2D eigenvalue weighted by Gasteiger charge is -2.34. The van der Waals surface area contributed by atoms with Crippen molar-refractivity contribution in [2.45, 2.75) is 12.5 Å². The Morgan fingerprint density at radius 3 is 2.67 bits per heavy atom. The van der Waals surface area contributed by atoms with Crippen molar-refractivity contribution in [3.63, 3.8) is 0 Å². The van der Waals surface area contributed by atoms with Gasteiger partial charge in [0.1, 0.15) is 11.6 Å². The summed E-state index contributed by atoms with van der Waals surface area (Å²) in [6.07, 6.45) is -0.879. The molecule has 1 aliphatic rings. The van der Waals surface area contributed by atoms with E-state index in [4.69, 9.17) is 4.74 Å². The third-order valence-electron chi connectivity index (χ3n) is 3.91. The van der Waals surface area contributed by atoms with Crippen LogP contribution in [0, 0.1) is 5.82 Å². The largest absolute Gasteiger partial charge is 0.477 e. The van der Waals surface area contributed by atoms with Crippen LogP contribution in [0.15, 0.2) is 48.5 Å². The Hall–Kier alpha value is -2.89. The summed E-state index contributed by atoms with van der Waals surface area (Å²) in [6, 6.07) is 13.2. The molecule has 1 atom stereocenters. The topological polar surface area (TPSA) is 58.6 Å². The normalized spacial score (nSPS) is 16.1. The van der Waals surface area contributed by atoms with Crippen molar-refractivity contribution in [1.29, 1.82) is 0 Å². The van der Waals surface area contributed by atoms with Crippen molar-refractivity contribution < 1.29 is 18.7 Å². The molecule has 1 heterocycles. The Morgan fingerprint density at radius 1 is 1.21 bits per heavy atom. The highest BCUT2D eigenvalue weighted by Crippen LogP contribution is 2.33. The number of nitrogens with one attached hydrogen (secondary N) is 1. The van der Waals surface area contributed by atoms with Crippen LogP contribution in [-0.2, 0) is 16.0 Å². The van der Waals surface area contributed by atoms with E-state index in [0.717, 1.165) is 0 Å². The fraction of sp³-hybridized carbons (Fsp3) is 0.222. The summed E-state index contributed by atoms with van der Waals surface area (Å²) in [6.45, 7) is 0.0873. The molecule has 0 bridgehead atoms. The predicted octanol–water partition coefficient (Wildman–Crippen LogP) is 1.91. The highest BCUT2D eigenvalue weighted by atomic mass is 19.1. The van der Waals surface area contributed by atoms with Gasteiger partial charge in [-0.25, -0.2) is 4.39 Å². The minimum atomic E-state index is -0.797. The van der Waals surface area contributed by atoms with E-state index >= 15 is 0 Å². The van der Waals surface area contributed by atoms with Gasteiger partial charge in [0, 0.05) is 7.05 Å². The summed E-state index contributed by atoms with van der Waals surface area (Å²) in [5.41, 5.74) is 0.905. The summed E-state index contributed by atoms with van der Waals surface area (Å²) >= 11 is 0. The molecule has 0 radical (unpaired) electrons. The number of rotatable bonds is 3. The van der Waals surface area contributed by atoms with Crippen molar-refractivity contribution >= 4 is 17.5 Å². The lowest BCUT2D eigenvalue weighted by molar-refractivity contribution is -0.127. The van der Waals surface area contributed by atoms with Crippen LogP contribution in [-0.4, -0.2) is 31.5 Å². The molecular formula is C18H17FN2O3. The Labute approximate surface area is 139 Å². The average Bonchev–Trinajstić information content (AvgIpc) is 2.61. The first-order chi connectivity index (χ1) is 11.6. The van der Waals surface area contributed by atoms with Crippen LogP contribution in [0.3, 0.4) is 0 Å². The molecule has 0 aromatic heterocycles. The zero-order valence-corrected chi connectivity index (χ0v) is 13.2. The second-order valence-electron chi connectivity index (χ2n) is 5.46. The summed E-state index contributed by atoms with van der Waals surface area (Å²) in [4.78, 5) is 26.1. The molecule has 0 saturated carbocycles. The molecule has 2 aromatic carbocycles. The lowest BCUT2D eigenvalue weighted by Crippen LogP contribution is -2.50. The van der Waals surface area contributed by atoms with E-state index in [-0.39, 0.29) is 24.8 Å². The second-order valence-corrected chi connectivity index (χ2v) is 5.46. The second kappa shape index (κ2) is 6.70. The van der Waals surface area contributed by atoms with Gasteiger partial charge in [-0.2, -0.15) is 0 Å². The quantitative estimate of drug-likeness (QED) is 0.936. The Morgan fingerprint density at radius 2 is 1.92 bits per heavy atom. The van der Waals surface area contributed by atoms with E-state index in [1.54, 1.807) is 42.5 Å². The molecule has 3 rings (SSSR count). The van der Waals surface area contributed by atoms with E-state index in [0.29, 0.717) is 17.0 Å². The summed E-state index contributed by atoms with van der Waals surface area (Å²) < 4.78 is 19.5. The van der Waals surface area contributed by atoms with Gasteiger partial charge in [0.25, 0.3) is 5.91 Å². The number of carbonyl (C=O) groups excluding carboxylic acids is 2. The van der Waals surface area contributed by atoms with Gasteiger partial charge in [-0.15, -0.1) is 0 Å². The number of amides is 2.